The van der Waals surface area contributed by atoms with Crippen LogP contribution in [0.3, 0.4) is 0 Å². The van der Waals surface area contributed by atoms with Crippen LogP contribution in [0.2, 0.25) is 0 Å². The molecule has 1 atom stereocenters. The molecule has 6 heteroatoms. The number of carbonyl (C=O) groups excluding carboxylic acids is 1. The van der Waals surface area contributed by atoms with Gasteiger partial charge >= 0.3 is 0 Å². The van der Waals surface area contributed by atoms with Crippen LogP contribution in [-0.4, -0.2) is 36.8 Å². The predicted octanol–water partition coefficient (Wildman–Crippen LogP) is 3.74. The molecule has 2 aromatic rings. The minimum absolute atomic E-state index is 0.0419. The molecule has 0 spiro atoms. The molecular formula is C21H23NO3S2. The standard InChI is InChI=1S/C21H23NO3S2/c1-16-8-9-20(17(2)12-16)26-14-21(23)22(13-18-6-4-3-5-7-18)19-10-11-27(24,25)15-19/h3-12,19H,13-15H2,1-2H3/t19-/m1/s1. The summed E-state index contributed by atoms with van der Waals surface area (Å²) < 4.78 is 23.7. The van der Waals surface area contributed by atoms with E-state index in [1.807, 2.05) is 56.3 Å². The Morgan fingerprint density at radius 3 is 2.52 bits per heavy atom. The van der Waals surface area contributed by atoms with E-state index in [1.54, 1.807) is 11.0 Å². The maximum Gasteiger partial charge on any atom is 0.233 e. The van der Waals surface area contributed by atoms with E-state index in [0.717, 1.165) is 16.0 Å². The number of aryl methyl sites for hydroxylation is 2. The molecule has 0 aliphatic carbocycles. The van der Waals surface area contributed by atoms with Gasteiger partial charge in [-0.05, 0) is 37.1 Å². The first-order valence-corrected chi connectivity index (χ1v) is 11.5. The van der Waals surface area contributed by atoms with Crippen LogP contribution in [0.4, 0.5) is 0 Å². The highest BCUT2D eigenvalue weighted by molar-refractivity contribution is 8.00. The van der Waals surface area contributed by atoms with Gasteiger partial charge in [-0.15, -0.1) is 11.8 Å². The van der Waals surface area contributed by atoms with E-state index in [-0.39, 0.29) is 17.4 Å². The lowest BCUT2D eigenvalue weighted by molar-refractivity contribution is -0.130. The number of benzene rings is 2. The van der Waals surface area contributed by atoms with Crippen LogP contribution < -0.4 is 0 Å². The molecule has 0 radical (unpaired) electrons. The number of sulfone groups is 1. The Morgan fingerprint density at radius 2 is 1.89 bits per heavy atom. The Hall–Kier alpha value is -2.05. The highest BCUT2D eigenvalue weighted by Gasteiger charge is 2.30. The first kappa shape index (κ1) is 19.7. The Bertz CT molecular complexity index is 953. The summed E-state index contributed by atoms with van der Waals surface area (Å²) >= 11 is 1.50. The van der Waals surface area contributed by atoms with E-state index < -0.39 is 15.9 Å². The monoisotopic (exact) mass is 401 g/mol. The minimum atomic E-state index is -3.23. The molecule has 27 heavy (non-hydrogen) atoms. The van der Waals surface area contributed by atoms with Crippen molar-refractivity contribution in [1.82, 2.24) is 4.90 Å². The summed E-state index contributed by atoms with van der Waals surface area (Å²) in [6.07, 6.45) is 1.62. The summed E-state index contributed by atoms with van der Waals surface area (Å²) in [5.41, 5.74) is 3.32. The van der Waals surface area contributed by atoms with Gasteiger partial charge in [0.25, 0.3) is 0 Å². The quantitative estimate of drug-likeness (QED) is 0.692. The normalized spacial score (nSPS) is 17.8. The highest BCUT2D eigenvalue weighted by Crippen LogP contribution is 2.25. The van der Waals surface area contributed by atoms with Crippen molar-refractivity contribution in [3.8, 4) is 0 Å². The number of hydrogen-bond donors (Lipinski definition) is 0. The van der Waals surface area contributed by atoms with Crippen molar-refractivity contribution in [1.29, 1.82) is 0 Å². The minimum Gasteiger partial charge on any atom is -0.330 e. The van der Waals surface area contributed by atoms with Crippen LogP contribution in [0.1, 0.15) is 16.7 Å². The molecule has 4 nitrogen and oxygen atoms in total. The van der Waals surface area contributed by atoms with Crippen molar-refractivity contribution in [2.45, 2.75) is 31.3 Å². The molecule has 0 saturated carbocycles. The first-order valence-electron chi connectivity index (χ1n) is 8.78. The predicted molar refractivity (Wildman–Crippen MR) is 110 cm³/mol. The lowest BCUT2D eigenvalue weighted by atomic mass is 10.2. The van der Waals surface area contributed by atoms with Crippen LogP contribution in [0.25, 0.3) is 0 Å². The number of nitrogens with zero attached hydrogens (tertiary/aromatic N) is 1. The van der Waals surface area contributed by atoms with Gasteiger partial charge in [-0.1, -0.05) is 48.0 Å². The second kappa shape index (κ2) is 8.31. The van der Waals surface area contributed by atoms with Crippen molar-refractivity contribution >= 4 is 27.5 Å². The van der Waals surface area contributed by atoms with Crippen LogP contribution in [-0.2, 0) is 21.2 Å². The maximum atomic E-state index is 13.0. The molecule has 0 N–H and O–H groups in total. The van der Waals surface area contributed by atoms with E-state index in [1.165, 1.54) is 22.7 Å². The largest absolute Gasteiger partial charge is 0.330 e. The van der Waals surface area contributed by atoms with Gasteiger partial charge in [0.2, 0.25) is 5.91 Å². The van der Waals surface area contributed by atoms with Gasteiger partial charge in [-0.2, -0.15) is 0 Å². The highest BCUT2D eigenvalue weighted by atomic mass is 32.2. The molecule has 1 aliphatic rings. The number of hydrogen-bond acceptors (Lipinski definition) is 4. The fourth-order valence-electron chi connectivity index (χ4n) is 3.11. The molecule has 0 unspecified atom stereocenters. The second-order valence-corrected chi connectivity index (χ2v) is 9.74. The van der Waals surface area contributed by atoms with Gasteiger partial charge in [-0.3, -0.25) is 4.79 Å². The van der Waals surface area contributed by atoms with Crippen molar-refractivity contribution in [3.63, 3.8) is 0 Å². The zero-order chi connectivity index (χ0) is 19.4. The lowest BCUT2D eigenvalue weighted by Gasteiger charge is -2.27. The SMILES string of the molecule is Cc1ccc(SCC(=O)N(Cc2ccccc2)[C@@H]2C=CS(=O)(=O)C2)c(C)c1. The number of thioether (sulfide) groups is 1. The molecule has 0 fully saturated rings. The molecule has 0 aromatic heterocycles. The van der Waals surface area contributed by atoms with Crippen molar-refractivity contribution in [2.75, 3.05) is 11.5 Å². The van der Waals surface area contributed by atoms with E-state index in [9.17, 15) is 13.2 Å². The number of rotatable bonds is 6. The maximum absolute atomic E-state index is 13.0. The molecule has 3 rings (SSSR count). The summed E-state index contributed by atoms with van der Waals surface area (Å²) in [4.78, 5) is 15.7. The molecule has 1 aliphatic heterocycles. The van der Waals surface area contributed by atoms with Crippen molar-refractivity contribution < 1.29 is 13.2 Å². The zero-order valence-electron chi connectivity index (χ0n) is 15.5. The summed E-state index contributed by atoms with van der Waals surface area (Å²) in [7, 11) is -3.23. The zero-order valence-corrected chi connectivity index (χ0v) is 17.1. The average molecular weight is 402 g/mol. The molecule has 2 aromatic carbocycles. The van der Waals surface area contributed by atoms with Crippen LogP contribution >= 0.6 is 11.8 Å². The molecular weight excluding hydrogens is 378 g/mol. The van der Waals surface area contributed by atoms with Gasteiger partial charge in [0.05, 0.1) is 17.5 Å². The fraction of sp³-hybridized carbons (Fsp3) is 0.286. The van der Waals surface area contributed by atoms with Gasteiger partial charge in [0.1, 0.15) is 0 Å². The van der Waals surface area contributed by atoms with Gasteiger partial charge in [0.15, 0.2) is 9.84 Å². The fourth-order valence-corrected chi connectivity index (χ4v) is 5.30. The van der Waals surface area contributed by atoms with Gasteiger partial charge < -0.3 is 4.90 Å². The first-order chi connectivity index (χ1) is 12.8. The topological polar surface area (TPSA) is 54.5 Å². The van der Waals surface area contributed by atoms with E-state index in [2.05, 4.69) is 6.07 Å². The summed E-state index contributed by atoms with van der Waals surface area (Å²) in [5.74, 6) is 0.177. The summed E-state index contributed by atoms with van der Waals surface area (Å²) in [6.45, 7) is 4.48. The molecule has 0 bridgehead atoms. The molecule has 142 valence electrons. The van der Waals surface area contributed by atoms with E-state index in [4.69, 9.17) is 0 Å². The second-order valence-electron chi connectivity index (χ2n) is 6.79. The Morgan fingerprint density at radius 1 is 1.15 bits per heavy atom. The van der Waals surface area contributed by atoms with Gasteiger partial charge in [0, 0.05) is 16.8 Å². The molecule has 1 heterocycles. The van der Waals surface area contributed by atoms with Crippen molar-refractivity contribution in [3.05, 3.63) is 76.7 Å². The van der Waals surface area contributed by atoms with Gasteiger partial charge in [-0.25, -0.2) is 8.42 Å². The summed E-state index contributed by atoms with van der Waals surface area (Å²) in [5, 5.41) is 1.22. The summed E-state index contributed by atoms with van der Waals surface area (Å²) in [6, 6.07) is 15.4. The third-order valence-electron chi connectivity index (χ3n) is 4.51. The Labute approximate surface area is 165 Å². The molecule has 1 amide bonds. The smallest absolute Gasteiger partial charge is 0.233 e. The number of carbonyl (C=O) groups is 1. The molecule has 0 saturated heterocycles. The third-order valence-corrected chi connectivity index (χ3v) is 7.05. The Balaban J connectivity index is 1.75. The van der Waals surface area contributed by atoms with Crippen LogP contribution in [0.5, 0.6) is 0 Å². The van der Waals surface area contributed by atoms with Crippen molar-refractivity contribution in [2.24, 2.45) is 0 Å². The lowest BCUT2D eigenvalue weighted by Crippen LogP contribution is -2.41. The van der Waals surface area contributed by atoms with E-state index in [0.29, 0.717) is 6.54 Å². The average Bonchev–Trinajstić information content (AvgIpc) is 2.99. The van der Waals surface area contributed by atoms with Crippen LogP contribution in [0.15, 0.2) is 64.9 Å². The third kappa shape index (κ3) is 5.23. The Kier molecular flexibility index (Phi) is 6.07. The van der Waals surface area contributed by atoms with Crippen LogP contribution in [0, 0.1) is 13.8 Å². The number of amides is 1. The van der Waals surface area contributed by atoms with E-state index >= 15 is 0 Å².